The number of benzene rings is 2. The summed E-state index contributed by atoms with van der Waals surface area (Å²) in [5, 5.41) is 20.2. The Morgan fingerprint density at radius 3 is 1.72 bits per heavy atom. The van der Waals surface area contributed by atoms with E-state index in [9.17, 15) is 10.2 Å². The van der Waals surface area contributed by atoms with Gasteiger partial charge in [-0.2, -0.15) is 0 Å². The van der Waals surface area contributed by atoms with Crippen LogP contribution in [-0.2, 0) is 22.7 Å². The van der Waals surface area contributed by atoms with Gasteiger partial charge in [-0.15, -0.1) is 5.92 Å². The van der Waals surface area contributed by atoms with E-state index in [1.54, 1.807) is 0 Å². The van der Waals surface area contributed by atoms with Crippen LogP contribution in [0, 0.1) is 11.8 Å². The number of hydrogen-bond acceptors (Lipinski definition) is 4. The summed E-state index contributed by atoms with van der Waals surface area (Å²) in [5.74, 6) is 6.46. The first-order chi connectivity index (χ1) is 17.7. The first kappa shape index (κ1) is 30.1. The average molecular weight is 495 g/mol. The molecule has 36 heavy (non-hydrogen) atoms. The Balaban J connectivity index is 1.87. The van der Waals surface area contributed by atoms with E-state index in [0.717, 1.165) is 24.0 Å². The maximum atomic E-state index is 10.5. The van der Waals surface area contributed by atoms with Crippen LogP contribution in [0.3, 0.4) is 0 Å². The highest BCUT2D eigenvalue weighted by Gasteiger charge is 2.29. The van der Waals surface area contributed by atoms with Crippen LogP contribution in [0.15, 0.2) is 60.7 Å². The molecule has 0 fully saturated rings. The first-order valence-corrected chi connectivity index (χ1v) is 13.8. The fourth-order valence-electron chi connectivity index (χ4n) is 4.12. The van der Waals surface area contributed by atoms with Gasteiger partial charge in [-0.05, 0) is 17.5 Å². The summed E-state index contributed by atoms with van der Waals surface area (Å²) in [4.78, 5) is 0. The molecule has 0 aliphatic heterocycles. The van der Waals surface area contributed by atoms with Crippen molar-refractivity contribution in [3.8, 4) is 11.8 Å². The van der Waals surface area contributed by atoms with Crippen LogP contribution >= 0.6 is 0 Å². The molecule has 0 heterocycles. The number of ether oxygens (including phenoxy) is 2. The second kappa shape index (κ2) is 20.0. The number of aliphatic hydroxyl groups is 2. The molecule has 0 saturated carbocycles. The van der Waals surface area contributed by atoms with Crippen LogP contribution in [0.25, 0.3) is 0 Å². The van der Waals surface area contributed by atoms with Crippen molar-refractivity contribution in [3.05, 3.63) is 71.8 Å². The smallest absolute Gasteiger partial charge is 0.147 e. The Hall–Kier alpha value is -2.16. The number of aliphatic hydroxyl groups excluding tert-OH is 2. The highest BCUT2D eigenvalue weighted by Crippen LogP contribution is 2.16. The van der Waals surface area contributed by atoms with Gasteiger partial charge in [0, 0.05) is 6.42 Å². The van der Waals surface area contributed by atoms with Gasteiger partial charge in [0.25, 0.3) is 0 Å². The molecule has 0 amide bonds. The molecule has 0 aliphatic rings. The van der Waals surface area contributed by atoms with Crippen molar-refractivity contribution in [2.75, 3.05) is 6.61 Å². The third-order valence-electron chi connectivity index (χ3n) is 6.32. The highest BCUT2D eigenvalue weighted by molar-refractivity contribution is 5.16. The average Bonchev–Trinajstić information content (AvgIpc) is 2.92. The Bertz CT molecular complexity index is 827. The minimum Gasteiger partial charge on any atom is -0.394 e. The van der Waals surface area contributed by atoms with Crippen LogP contribution in [0.2, 0.25) is 0 Å². The first-order valence-electron chi connectivity index (χ1n) is 13.8. The fourth-order valence-corrected chi connectivity index (χ4v) is 4.12. The molecule has 4 heteroatoms. The maximum Gasteiger partial charge on any atom is 0.147 e. The summed E-state index contributed by atoms with van der Waals surface area (Å²) in [5.41, 5.74) is 2.02. The zero-order valence-corrected chi connectivity index (χ0v) is 22.1. The zero-order chi connectivity index (χ0) is 25.7. The van der Waals surface area contributed by atoms with Crippen LogP contribution in [0.5, 0.6) is 0 Å². The van der Waals surface area contributed by atoms with Gasteiger partial charge in [-0.25, -0.2) is 0 Å². The molecular formula is C32H46O4. The summed E-state index contributed by atoms with van der Waals surface area (Å²) < 4.78 is 12.2. The van der Waals surface area contributed by atoms with E-state index in [2.05, 4.69) is 18.8 Å². The highest BCUT2D eigenvalue weighted by atomic mass is 16.5. The molecule has 4 nitrogen and oxygen atoms in total. The van der Waals surface area contributed by atoms with Gasteiger partial charge in [0.05, 0.1) is 19.8 Å². The van der Waals surface area contributed by atoms with Crippen LogP contribution in [0.4, 0.5) is 0 Å². The zero-order valence-electron chi connectivity index (χ0n) is 22.1. The molecule has 2 aromatic rings. The van der Waals surface area contributed by atoms with Crippen molar-refractivity contribution >= 4 is 0 Å². The predicted octanol–water partition coefficient (Wildman–Crippen LogP) is 6.82. The predicted molar refractivity (Wildman–Crippen MR) is 147 cm³/mol. The van der Waals surface area contributed by atoms with Gasteiger partial charge in [-0.1, -0.05) is 131 Å². The third-order valence-corrected chi connectivity index (χ3v) is 6.32. The second-order valence-corrected chi connectivity index (χ2v) is 9.48. The molecule has 0 bridgehead atoms. The van der Waals surface area contributed by atoms with E-state index in [0.29, 0.717) is 13.2 Å². The topological polar surface area (TPSA) is 58.9 Å². The van der Waals surface area contributed by atoms with E-state index in [1.807, 2.05) is 60.7 Å². The summed E-state index contributed by atoms with van der Waals surface area (Å²) in [6.45, 7) is 2.52. The lowest BCUT2D eigenvalue weighted by atomic mass is 10.1. The lowest BCUT2D eigenvalue weighted by Gasteiger charge is -2.27. The van der Waals surface area contributed by atoms with E-state index < -0.39 is 24.9 Å². The van der Waals surface area contributed by atoms with Crippen molar-refractivity contribution in [2.45, 2.75) is 109 Å². The van der Waals surface area contributed by atoms with Crippen molar-refractivity contribution in [1.29, 1.82) is 0 Å². The molecule has 2 aromatic carbocycles. The van der Waals surface area contributed by atoms with Crippen molar-refractivity contribution in [1.82, 2.24) is 0 Å². The van der Waals surface area contributed by atoms with Crippen molar-refractivity contribution in [2.24, 2.45) is 0 Å². The summed E-state index contributed by atoms with van der Waals surface area (Å²) >= 11 is 0. The molecule has 0 aliphatic carbocycles. The molecule has 0 unspecified atom stereocenters. The van der Waals surface area contributed by atoms with Gasteiger partial charge in [0.2, 0.25) is 0 Å². The van der Waals surface area contributed by atoms with Crippen LogP contribution in [-0.4, -0.2) is 35.1 Å². The standard InChI is InChI=1S/C32H46O4/c1-2-3-4-5-6-7-8-9-10-11-12-19-24-31(35-26-28-20-15-13-16-21-28)32(30(34)25-33)36-27-29-22-17-14-18-23-29/h13-18,20-23,30-34H,2-12,25-27H2,1H3/t30-,31+,32+/m1/s1. The Morgan fingerprint density at radius 1 is 0.694 bits per heavy atom. The fraction of sp³-hybridized carbons (Fsp3) is 0.562. The third kappa shape index (κ3) is 13.2. The quantitative estimate of drug-likeness (QED) is 0.166. The van der Waals surface area contributed by atoms with E-state index in [1.165, 1.54) is 57.8 Å². The second-order valence-electron chi connectivity index (χ2n) is 9.48. The van der Waals surface area contributed by atoms with E-state index in [4.69, 9.17) is 9.47 Å². The molecule has 2 rings (SSSR count). The summed E-state index contributed by atoms with van der Waals surface area (Å²) in [6, 6.07) is 19.7. The maximum absolute atomic E-state index is 10.5. The van der Waals surface area contributed by atoms with E-state index in [-0.39, 0.29) is 0 Å². The Morgan fingerprint density at radius 2 is 1.19 bits per heavy atom. The SMILES string of the molecule is CCCCCCCCCCCCC#C[C@H](OCc1ccccc1)[C@@H](OCc1ccccc1)[C@H](O)CO. The molecule has 2 N–H and O–H groups in total. The van der Waals surface area contributed by atoms with Gasteiger partial charge in [0.15, 0.2) is 0 Å². The molecule has 0 aromatic heterocycles. The molecule has 0 saturated heterocycles. The largest absolute Gasteiger partial charge is 0.394 e. The Kier molecular flexibility index (Phi) is 16.7. The van der Waals surface area contributed by atoms with Gasteiger partial charge >= 0.3 is 0 Å². The van der Waals surface area contributed by atoms with Gasteiger partial charge < -0.3 is 19.7 Å². The number of hydrogen-bond donors (Lipinski definition) is 2. The lowest BCUT2D eigenvalue weighted by Crippen LogP contribution is -2.42. The normalized spacial score (nSPS) is 13.5. The molecule has 3 atom stereocenters. The van der Waals surface area contributed by atoms with E-state index >= 15 is 0 Å². The van der Waals surface area contributed by atoms with Gasteiger partial charge in [-0.3, -0.25) is 0 Å². The minimum atomic E-state index is -1.08. The van der Waals surface area contributed by atoms with Crippen molar-refractivity contribution < 1.29 is 19.7 Å². The van der Waals surface area contributed by atoms with Crippen molar-refractivity contribution in [3.63, 3.8) is 0 Å². The minimum absolute atomic E-state index is 0.313. The Labute approximate surface area is 219 Å². The molecule has 198 valence electrons. The lowest BCUT2D eigenvalue weighted by molar-refractivity contribution is -0.123. The summed E-state index contributed by atoms with van der Waals surface area (Å²) in [6.07, 6.45) is 11.2. The summed E-state index contributed by atoms with van der Waals surface area (Å²) in [7, 11) is 0. The number of unbranched alkanes of at least 4 members (excludes halogenated alkanes) is 10. The van der Waals surface area contributed by atoms with Crippen LogP contribution in [0.1, 0.15) is 88.7 Å². The monoisotopic (exact) mass is 494 g/mol. The molecule has 0 spiro atoms. The number of rotatable bonds is 19. The molecule has 0 radical (unpaired) electrons. The van der Waals surface area contributed by atoms with Gasteiger partial charge in [0.1, 0.15) is 18.3 Å². The van der Waals surface area contributed by atoms with Crippen LogP contribution < -0.4 is 0 Å². The molecular weight excluding hydrogens is 448 g/mol.